The first kappa shape index (κ1) is 22.8. The van der Waals surface area contributed by atoms with E-state index < -0.39 is 17.5 Å². The topological polar surface area (TPSA) is 79.8 Å². The van der Waals surface area contributed by atoms with Crippen LogP contribution in [0, 0.1) is 25.5 Å². The van der Waals surface area contributed by atoms with E-state index >= 15 is 0 Å². The lowest BCUT2D eigenvalue weighted by Gasteiger charge is -2.15. The lowest BCUT2D eigenvalue weighted by atomic mass is 10.1. The van der Waals surface area contributed by atoms with Gasteiger partial charge in [0.05, 0.1) is 17.1 Å². The number of halogens is 2. The molecule has 0 atom stereocenters. The summed E-state index contributed by atoms with van der Waals surface area (Å²) in [6, 6.07) is 16.2. The maximum atomic E-state index is 14.0. The molecule has 0 bridgehead atoms. The summed E-state index contributed by atoms with van der Waals surface area (Å²) in [5.41, 5.74) is 3.76. The van der Waals surface area contributed by atoms with Crippen LogP contribution in [0.1, 0.15) is 11.1 Å². The van der Waals surface area contributed by atoms with Crippen molar-refractivity contribution in [3.63, 3.8) is 0 Å². The van der Waals surface area contributed by atoms with E-state index in [0.29, 0.717) is 27.9 Å². The number of aryl methyl sites for hydroxylation is 2. The van der Waals surface area contributed by atoms with E-state index in [9.17, 15) is 18.4 Å². The maximum Gasteiger partial charge on any atom is 0.283 e. The molecular formula is C26H20F2N4O2S. The van der Waals surface area contributed by atoms with Gasteiger partial charge in [0.25, 0.3) is 5.56 Å². The number of aromatic amines is 1. The van der Waals surface area contributed by atoms with Crippen LogP contribution >= 0.6 is 11.8 Å². The van der Waals surface area contributed by atoms with Crippen molar-refractivity contribution in [2.75, 3.05) is 11.1 Å². The van der Waals surface area contributed by atoms with Crippen molar-refractivity contribution in [3.8, 4) is 5.69 Å². The molecule has 2 N–H and O–H groups in total. The number of nitrogens with one attached hydrogen (secondary N) is 2. The lowest BCUT2D eigenvalue weighted by molar-refractivity contribution is -0.113. The van der Waals surface area contributed by atoms with Gasteiger partial charge in [-0.3, -0.25) is 14.2 Å². The molecule has 0 fully saturated rings. The molecule has 5 aromatic rings. The minimum Gasteiger partial charge on any atom is -0.349 e. The van der Waals surface area contributed by atoms with Crippen molar-refractivity contribution in [3.05, 3.63) is 93.8 Å². The Bertz CT molecular complexity index is 1680. The number of carbonyl (C=O) groups excluding carboxylic acids is 1. The van der Waals surface area contributed by atoms with Gasteiger partial charge >= 0.3 is 0 Å². The summed E-state index contributed by atoms with van der Waals surface area (Å²) in [5.74, 6) is -2.25. The van der Waals surface area contributed by atoms with E-state index in [4.69, 9.17) is 4.98 Å². The second-order valence-electron chi connectivity index (χ2n) is 8.18. The standard InChI is InChI=1S/C26H20F2N4O2S/c1-14-7-8-15(2)21(11-14)32-25(34)24-23(17-5-3-4-6-19(17)30-24)31-26(32)35-13-22(33)29-20-10-9-16(27)12-18(20)28/h3-12,30H,13H2,1-2H3,(H,29,33). The summed E-state index contributed by atoms with van der Waals surface area (Å²) in [4.78, 5) is 34.2. The van der Waals surface area contributed by atoms with E-state index in [1.807, 2.05) is 56.3 Å². The van der Waals surface area contributed by atoms with Crippen molar-refractivity contribution in [1.82, 2.24) is 14.5 Å². The zero-order chi connectivity index (χ0) is 24.7. The van der Waals surface area contributed by atoms with E-state index in [1.165, 1.54) is 4.57 Å². The summed E-state index contributed by atoms with van der Waals surface area (Å²) in [6.07, 6.45) is 0. The highest BCUT2D eigenvalue weighted by Crippen LogP contribution is 2.28. The van der Waals surface area contributed by atoms with Crippen molar-refractivity contribution in [2.45, 2.75) is 19.0 Å². The normalized spacial score (nSPS) is 11.3. The fourth-order valence-corrected chi connectivity index (χ4v) is 4.72. The molecule has 176 valence electrons. The second-order valence-corrected chi connectivity index (χ2v) is 9.12. The molecule has 35 heavy (non-hydrogen) atoms. The van der Waals surface area contributed by atoms with E-state index in [0.717, 1.165) is 45.9 Å². The third-order valence-corrected chi connectivity index (χ3v) is 6.58. The average Bonchev–Trinajstić information content (AvgIpc) is 3.20. The van der Waals surface area contributed by atoms with Gasteiger partial charge in [0.1, 0.15) is 22.7 Å². The third kappa shape index (κ3) is 4.30. The number of H-pyrrole nitrogens is 1. The van der Waals surface area contributed by atoms with Gasteiger partial charge in [-0.2, -0.15) is 0 Å². The second kappa shape index (κ2) is 8.99. The smallest absolute Gasteiger partial charge is 0.283 e. The van der Waals surface area contributed by atoms with Gasteiger partial charge in [-0.15, -0.1) is 0 Å². The first-order valence-corrected chi connectivity index (χ1v) is 11.8. The van der Waals surface area contributed by atoms with E-state index in [2.05, 4.69) is 10.3 Å². The molecule has 0 radical (unpaired) electrons. The minimum atomic E-state index is -0.867. The molecule has 0 aliphatic carbocycles. The number of benzene rings is 3. The van der Waals surface area contributed by atoms with Crippen LogP contribution in [-0.2, 0) is 4.79 Å². The Kier molecular flexibility index (Phi) is 5.86. The Morgan fingerprint density at radius 3 is 2.69 bits per heavy atom. The monoisotopic (exact) mass is 490 g/mol. The summed E-state index contributed by atoms with van der Waals surface area (Å²) < 4.78 is 28.6. The van der Waals surface area contributed by atoms with Crippen molar-refractivity contribution in [1.29, 1.82) is 0 Å². The molecule has 2 aromatic heterocycles. The van der Waals surface area contributed by atoms with Crippen LogP contribution in [-0.4, -0.2) is 26.2 Å². The molecule has 0 aliphatic heterocycles. The molecule has 6 nitrogen and oxygen atoms in total. The van der Waals surface area contributed by atoms with Crippen molar-refractivity contribution >= 4 is 45.3 Å². The van der Waals surface area contributed by atoms with Crippen LogP contribution in [0.2, 0.25) is 0 Å². The highest BCUT2D eigenvalue weighted by atomic mass is 32.2. The van der Waals surface area contributed by atoms with Crippen LogP contribution in [0.25, 0.3) is 27.6 Å². The van der Waals surface area contributed by atoms with E-state index in [1.54, 1.807) is 0 Å². The number of thioether (sulfide) groups is 1. The summed E-state index contributed by atoms with van der Waals surface area (Å²) in [6.45, 7) is 3.83. The van der Waals surface area contributed by atoms with Gasteiger partial charge in [0, 0.05) is 17.0 Å². The predicted octanol–water partition coefficient (Wildman–Crippen LogP) is 5.49. The molecular weight excluding hydrogens is 470 g/mol. The number of amides is 1. The number of rotatable bonds is 5. The Labute approximate surface area is 203 Å². The van der Waals surface area contributed by atoms with E-state index in [-0.39, 0.29) is 17.0 Å². The van der Waals surface area contributed by atoms with Crippen LogP contribution < -0.4 is 10.9 Å². The van der Waals surface area contributed by atoms with Crippen LogP contribution in [0.4, 0.5) is 14.5 Å². The highest BCUT2D eigenvalue weighted by Gasteiger charge is 2.19. The van der Waals surface area contributed by atoms with Gasteiger partial charge in [-0.25, -0.2) is 13.8 Å². The zero-order valence-electron chi connectivity index (χ0n) is 18.9. The van der Waals surface area contributed by atoms with Gasteiger partial charge < -0.3 is 10.3 Å². The third-order valence-electron chi connectivity index (χ3n) is 5.64. The molecule has 9 heteroatoms. The first-order chi connectivity index (χ1) is 16.8. The quantitative estimate of drug-likeness (QED) is 0.252. The van der Waals surface area contributed by atoms with Gasteiger partial charge in [-0.1, -0.05) is 42.1 Å². The number of nitrogens with zero attached hydrogens (tertiary/aromatic N) is 2. The largest absolute Gasteiger partial charge is 0.349 e. The summed E-state index contributed by atoms with van der Waals surface area (Å²) in [7, 11) is 0. The van der Waals surface area contributed by atoms with Crippen LogP contribution in [0.3, 0.4) is 0 Å². The van der Waals surface area contributed by atoms with Gasteiger partial charge in [-0.05, 0) is 49.2 Å². The van der Waals surface area contributed by atoms with Crippen molar-refractivity contribution in [2.24, 2.45) is 0 Å². The van der Waals surface area contributed by atoms with Gasteiger partial charge in [0.15, 0.2) is 5.16 Å². The summed E-state index contributed by atoms with van der Waals surface area (Å²) >= 11 is 1.06. The number of anilines is 1. The molecule has 0 saturated carbocycles. The molecule has 0 spiro atoms. The van der Waals surface area contributed by atoms with Gasteiger partial charge in [0.2, 0.25) is 5.91 Å². The van der Waals surface area contributed by atoms with Crippen LogP contribution in [0.5, 0.6) is 0 Å². The minimum absolute atomic E-state index is 0.121. The molecule has 0 aliphatic rings. The lowest BCUT2D eigenvalue weighted by Crippen LogP contribution is -2.23. The first-order valence-electron chi connectivity index (χ1n) is 10.8. The summed E-state index contributed by atoms with van der Waals surface area (Å²) in [5, 5.41) is 3.57. The number of fused-ring (bicyclic) bond motifs is 3. The number of carbonyl (C=O) groups is 1. The number of hydrogen-bond donors (Lipinski definition) is 2. The zero-order valence-corrected chi connectivity index (χ0v) is 19.7. The molecule has 0 unspecified atom stereocenters. The number of para-hydroxylation sites is 1. The molecule has 1 amide bonds. The highest BCUT2D eigenvalue weighted by molar-refractivity contribution is 7.99. The Morgan fingerprint density at radius 2 is 1.89 bits per heavy atom. The maximum absolute atomic E-state index is 14.0. The Balaban J connectivity index is 1.58. The fraction of sp³-hybridized carbons (Fsp3) is 0.115. The Hall–Kier alpha value is -3.98. The van der Waals surface area contributed by atoms with Crippen molar-refractivity contribution < 1.29 is 13.6 Å². The predicted molar refractivity (Wildman–Crippen MR) is 134 cm³/mol. The average molecular weight is 491 g/mol. The number of hydrogen-bond acceptors (Lipinski definition) is 4. The molecule has 2 heterocycles. The SMILES string of the molecule is Cc1ccc(C)c(-n2c(SCC(=O)Nc3ccc(F)cc3F)nc3c([nH]c4ccccc43)c2=O)c1. The molecule has 3 aromatic carbocycles. The molecule has 0 saturated heterocycles. The molecule has 5 rings (SSSR count). The Morgan fingerprint density at radius 1 is 1.09 bits per heavy atom. The fourth-order valence-electron chi connectivity index (χ4n) is 3.92. The number of aromatic nitrogens is 3. The van der Waals surface area contributed by atoms with Crippen LogP contribution in [0.15, 0.2) is 70.6 Å².